The second-order valence-corrected chi connectivity index (χ2v) is 7.66. The second-order valence-electron chi connectivity index (χ2n) is 7.66. The number of ether oxygens (including phenoxy) is 1. The van der Waals surface area contributed by atoms with Gasteiger partial charge in [0.05, 0.1) is 12.6 Å². The van der Waals surface area contributed by atoms with Gasteiger partial charge in [-0.15, -0.1) is 0 Å². The Morgan fingerprint density at radius 1 is 1.03 bits per heavy atom. The number of anilines is 2. The number of hydrogen-bond donors (Lipinski definition) is 1. The number of hydrogen-bond acceptors (Lipinski definition) is 4. The Kier molecular flexibility index (Phi) is 5.74. The molecular formula is C24H29N3O2. The van der Waals surface area contributed by atoms with E-state index in [0.29, 0.717) is 6.54 Å². The van der Waals surface area contributed by atoms with E-state index in [4.69, 9.17) is 4.74 Å². The molecule has 0 radical (unpaired) electrons. The summed E-state index contributed by atoms with van der Waals surface area (Å²) in [5.74, 6) is 0.741. The third kappa shape index (κ3) is 4.24. The zero-order valence-corrected chi connectivity index (χ0v) is 17.3. The number of benzene rings is 2. The van der Waals surface area contributed by atoms with Crippen molar-refractivity contribution in [2.75, 3.05) is 36.5 Å². The number of pyridine rings is 1. The van der Waals surface area contributed by atoms with Crippen LogP contribution in [0.2, 0.25) is 0 Å². The first-order chi connectivity index (χ1) is 14.2. The summed E-state index contributed by atoms with van der Waals surface area (Å²) in [6, 6.07) is 16.5. The summed E-state index contributed by atoms with van der Waals surface area (Å²) < 4.78 is 5.25. The van der Waals surface area contributed by atoms with E-state index in [2.05, 4.69) is 46.0 Å². The predicted molar refractivity (Wildman–Crippen MR) is 120 cm³/mol. The first-order valence-corrected chi connectivity index (χ1v) is 10.5. The lowest BCUT2D eigenvalue weighted by atomic mass is 10.1. The fraction of sp³-hybridized carbons (Fsp3) is 0.375. The molecule has 3 aromatic rings. The van der Waals surface area contributed by atoms with E-state index in [1.54, 1.807) is 7.11 Å². The summed E-state index contributed by atoms with van der Waals surface area (Å²) in [7, 11) is 1.63. The van der Waals surface area contributed by atoms with Crippen molar-refractivity contribution in [2.24, 2.45) is 0 Å². The van der Waals surface area contributed by atoms with Gasteiger partial charge in [-0.05, 0) is 74.0 Å². The Balaban J connectivity index is 1.55. The first-order valence-electron chi connectivity index (χ1n) is 10.5. The van der Waals surface area contributed by atoms with Gasteiger partial charge in [0.15, 0.2) is 0 Å². The van der Waals surface area contributed by atoms with E-state index in [1.807, 2.05) is 24.3 Å². The maximum Gasteiger partial charge on any atom is 0.253 e. The molecule has 1 aliphatic heterocycles. The topological polar surface area (TPSA) is 48.6 Å². The third-order valence-electron chi connectivity index (χ3n) is 5.81. The van der Waals surface area contributed by atoms with Crippen LogP contribution in [0, 0.1) is 0 Å². The maximum atomic E-state index is 12.6. The number of methoxy groups -OCH3 is 1. The van der Waals surface area contributed by atoms with Crippen LogP contribution in [-0.4, -0.2) is 31.7 Å². The van der Waals surface area contributed by atoms with E-state index < -0.39 is 0 Å². The number of aromatic amines is 1. The molecule has 1 fully saturated rings. The molecule has 0 aliphatic carbocycles. The van der Waals surface area contributed by atoms with Crippen molar-refractivity contribution in [3.63, 3.8) is 0 Å². The molecule has 5 heteroatoms. The van der Waals surface area contributed by atoms with Crippen LogP contribution in [-0.2, 0) is 6.54 Å². The summed E-state index contributed by atoms with van der Waals surface area (Å²) in [4.78, 5) is 20.3. The highest BCUT2D eigenvalue weighted by molar-refractivity contribution is 5.80. The first kappa shape index (κ1) is 19.4. The summed E-state index contributed by atoms with van der Waals surface area (Å²) in [6.07, 6.45) is 3.89. The fourth-order valence-electron chi connectivity index (χ4n) is 4.09. The van der Waals surface area contributed by atoms with Crippen LogP contribution in [0.15, 0.2) is 53.3 Å². The summed E-state index contributed by atoms with van der Waals surface area (Å²) in [6.45, 7) is 5.83. The van der Waals surface area contributed by atoms with E-state index in [-0.39, 0.29) is 5.56 Å². The zero-order chi connectivity index (χ0) is 20.2. The average Bonchev–Trinajstić information content (AvgIpc) is 2.78. The molecule has 1 aromatic heterocycles. The van der Waals surface area contributed by atoms with Crippen molar-refractivity contribution < 1.29 is 4.74 Å². The minimum Gasteiger partial charge on any atom is -0.497 e. The molecule has 0 spiro atoms. The van der Waals surface area contributed by atoms with E-state index in [1.165, 1.54) is 24.9 Å². The van der Waals surface area contributed by atoms with E-state index in [9.17, 15) is 4.79 Å². The number of piperidine rings is 1. The number of aromatic nitrogens is 1. The van der Waals surface area contributed by atoms with Crippen LogP contribution in [0.4, 0.5) is 11.4 Å². The number of H-pyrrole nitrogens is 1. The molecule has 1 saturated heterocycles. The lowest BCUT2D eigenvalue weighted by Gasteiger charge is -2.29. The molecule has 0 unspecified atom stereocenters. The maximum absolute atomic E-state index is 12.6. The Bertz CT molecular complexity index is 1020. The molecule has 2 aromatic carbocycles. The standard InChI is InChI=1S/C24H29N3O2/c1-3-26(20-8-10-21(11-9-20)27-13-5-4-6-14-27)17-19-15-18-7-12-22(29-2)16-23(18)25-24(19)28/h7-12,15-16H,3-6,13-14,17H2,1-2H3,(H,25,28). The van der Waals surface area contributed by atoms with Crippen LogP contribution in [0.5, 0.6) is 5.75 Å². The smallest absolute Gasteiger partial charge is 0.253 e. The van der Waals surface area contributed by atoms with Crippen LogP contribution in [0.25, 0.3) is 10.9 Å². The van der Waals surface area contributed by atoms with Crippen molar-refractivity contribution in [3.05, 3.63) is 64.4 Å². The highest BCUT2D eigenvalue weighted by Gasteiger charge is 2.13. The molecule has 152 valence electrons. The minimum absolute atomic E-state index is 0.0471. The van der Waals surface area contributed by atoms with Gasteiger partial charge >= 0.3 is 0 Å². The van der Waals surface area contributed by atoms with Gasteiger partial charge in [-0.2, -0.15) is 0 Å². The lowest BCUT2D eigenvalue weighted by Crippen LogP contribution is -2.29. The quantitative estimate of drug-likeness (QED) is 0.670. The van der Waals surface area contributed by atoms with Crippen LogP contribution in [0.1, 0.15) is 31.7 Å². The van der Waals surface area contributed by atoms with Crippen LogP contribution in [0.3, 0.4) is 0 Å². The Morgan fingerprint density at radius 3 is 2.48 bits per heavy atom. The largest absolute Gasteiger partial charge is 0.497 e. The van der Waals surface area contributed by atoms with E-state index >= 15 is 0 Å². The van der Waals surface area contributed by atoms with Crippen LogP contribution >= 0.6 is 0 Å². The Hall–Kier alpha value is -2.95. The molecule has 4 rings (SSSR count). The highest BCUT2D eigenvalue weighted by atomic mass is 16.5. The van der Waals surface area contributed by atoms with Gasteiger partial charge in [0.25, 0.3) is 5.56 Å². The van der Waals surface area contributed by atoms with Crippen LogP contribution < -0.4 is 20.1 Å². The monoisotopic (exact) mass is 391 g/mol. The van der Waals surface area contributed by atoms with Gasteiger partial charge in [0.1, 0.15) is 5.75 Å². The normalized spacial score (nSPS) is 14.2. The molecule has 29 heavy (non-hydrogen) atoms. The Labute approximate surface area is 171 Å². The van der Waals surface area contributed by atoms with Gasteiger partial charge < -0.3 is 19.5 Å². The highest BCUT2D eigenvalue weighted by Crippen LogP contribution is 2.25. The molecule has 0 atom stereocenters. The van der Waals surface area contributed by atoms with Crippen molar-refractivity contribution in [3.8, 4) is 5.75 Å². The molecule has 1 N–H and O–H groups in total. The number of nitrogens with zero attached hydrogens (tertiary/aromatic N) is 2. The summed E-state index contributed by atoms with van der Waals surface area (Å²) in [5, 5.41) is 1.01. The van der Waals surface area contributed by atoms with Crippen molar-refractivity contribution in [1.82, 2.24) is 4.98 Å². The summed E-state index contributed by atoms with van der Waals surface area (Å²) in [5.41, 5.74) is 3.95. The van der Waals surface area contributed by atoms with Gasteiger partial charge in [-0.1, -0.05) is 0 Å². The fourth-order valence-corrected chi connectivity index (χ4v) is 4.09. The number of nitrogens with one attached hydrogen (secondary N) is 1. The van der Waals surface area contributed by atoms with Gasteiger partial charge in [-0.3, -0.25) is 4.79 Å². The SMILES string of the molecule is CCN(Cc1cc2ccc(OC)cc2[nH]c1=O)c1ccc(N2CCCCC2)cc1. The number of rotatable bonds is 6. The lowest BCUT2D eigenvalue weighted by molar-refractivity contribution is 0.415. The molecule has 0 bridgehead atoms. The molecule has 5 nitrogen and oxygen atoms in total. The number of fused-ring (bicyclic) bond motifs is 1. The Morgan fingerprint density at radius 2 is 1.79 bits per heavy atom. The van der Waals surface area contributed by atoms with Crippen molar-refractivity contribution in [2.45, 2.75) is 32.7 Å². The van der Waals surface area contributed by atoms with E-state index in [0.717, 1.165) is 47.5 Å². The molecular weight excluding hydrogens is 362 g/mol. The molecule has 2 heterocycles. The summed E-state index contributed by atoms with van der Waals surface area (Å²) >= 11 is 0. The average molecular weight is 392 g/mol. The second kappa shape index (κ2) is 8.60. The predicted octanol–water partition coefficient (Wildman–Crippen LogP) is 4.55. The van der Waals surface area contributed by atoms with Gasteiger partial charge in [-0.25, -0.2) is 0 Å². The molecule has 0 amide bonds. The zero-order valence-electron chi connectivity index (χ0n) is 17.3. The van der Waals surface area contributed by atoms with Crippen molar-refractivity contribution in [1.29, 1.82) is 0 Å². The van der Waals surface area contributed by atoms with Crippen molar-refractivity contribution >= 4 is 22.3 Å². The molecule has 1 aliphatic rings. The third-order valence-corrected chi connectivity index (χ3v) is 5.81. The van der Waals surface area contributed by atoms with Gasteiger partial charge in [0, 0.05) is 49.2 Å². The molecule has 0 saturated carbocycles. The minimum atomic E-state index is -0.0471. The van der Waals surface area contributed by atoms with Gasteiger partial charge in [0.2, 0.25) is 0 Å².